The van der Waals surface area contributed by atoms with Crippen LogP contribution in [-0.2, 0) is 11.3 Å². The van der Waals surface area contributed by atoms with Crippen molar-refractivity contribution in [3.05, 3.63) is 39.8 Å². The molecule has 0 aliphatic heterocycles. The minimum atomic E-state index is -0.158. The third-order valence-electron chi connectivity index (χ3n) is 1.95. The topological polar surface area (TPSA) is 59.8 Å². The van der Waals surface area contributed by atoms with Gasteiger partial charge in [0.15, 0.2) is 4.73 Å². The van der Waals surface area contributed by atoms with E-state index in [4.69, 9.17) is 0 Å². The molecule has 0 fully saturated rings. The summed E-state index contributed by atoms with van der Waals surface area (Å²) in [6, 6.07) is 9.25. The Balaban J connectivity index is 2.01. The lowest BCUT2D eigenvalue weighted by Crippen LogP contribution is -2.19. The van der Waals surface area contributed by atoms with Crippen molar-refractivity contribution < 1.29 is 4.79 Å². The molecule has 0 aliphatic rings. The van der Waals surface area contributed by atoms with Crippen LogP contribution in [0.4, 0.5) is 5.69 Å². The van der Waals surface area contributed by atoms with Gasteiger partial charge in [-0.3, -0.25) is 4.79 Å². The van der Waals surface area contributed by atoms with Crippen molar-refractivity contribution in [3.63, 3.8) is 0 Å². The van der Waals surface area contributed by atoms with E-state index in [0.29, 0.717) is 9.47 Å². The van der Waals surface area contributed by atoms with Crippen LogP contribution in [0.25, 0.3) is 0 Å². The summed E-state index contributed by atoms with van der Waals surface area (Å²) in [6.45, 7) is 0.105. The van der Waals surface area contributed by atoms with Crippen molar-refractivity contribution in [2.45, 2.75) is 6.54 Å². The van der Waals surface area contributed by atoms with E-state index < -0.39 is 0 Å². The van der Waals surface area contributed by atoms with Crippen LogP contribution in [0.3, 0.4) is 0 Å². The molecule has 17 heavy (non-hydrogen) atoms. The molecule has 0 unspecified atom stereocenters. The molecule has 0 radical (unpaired) electrons. The molecule has 0 spiro atoms. The highest BCUT2D eigenvalue weighted by molar-refractivity contribution is 9.11. The van der Waals surface area contributed by atoms with Gasteiger partial charge in [-0.15, -0.1) is 5.10 Å². The number of aromatic nitrogens is 3. The Morgan fingerprint density at radius 1 is 1.29 bits per heavy atom. The zero-order valence-electron chi connectivity index (χ0n) is 8.60. The SMILES string of the molecule is O=C(Cn1nc(Br)nc1Br)Nc1ccccc1. The van der Waals surface area contributed by atoms with Crippen LogP contribution in [0.1, 0.15) is 0 Å². The van der Waals surface area contributed by atoms with E-state index in [-0.39, 0.29) is 12.5 Å². The van der Waals surface area contributed by atoms with Gasteiger partial charge in [0.1, 0.15) is 6.54 Å². The summed E-state index contributed by atoms with van der Waals surface area (Å²) in [5.74, 6) is -0.158. The second-order valence-electron chi connectivity index (χ2n) is 3.22. The first kappa shape index (κ1) is 12.3. The largest absolute Gasteiger partial charge is 0.324 e. The van der Waals surface area contributed by atoms with E-state index in [2.05, 4.69) is 47.3 Å². The molecule has 88 valence electrons. The number of carbonyl (C=O) groups is 1. The number of carbonyl (C=O) groups excluding carboxylic acids is 1. The zero-order chi connectivity index (χ0) is 12.3. The molecule has 0 atom stereocenters. The Kier molecular flexibility index (Phi) is 3.90. The van der Waals surface area contributed by atoms with Crippen molar-refractivity contribution in [1.29, 1.82) is 0 Å². The van der Waals surface area contributed by atoms with Crippen LogP contribution >= 0.6 is 31.9 Å². The molecule has 1 N–H and O–H groups in total. The highest BCUT2D eigenvalue weighted by Gasteiger charge is 2.09. The van der Waals surface area contributed by atoms with Gasteiger partial charge in [-0.2, -0.15) is 4.98 Å². The normalized spacial score (nSPS) is 10.2. The molecule has 7 heteroatoms. The van der Waals surface area contributed by atoms with Gasteiger partial charge in [-0.05, 0) is 44.0 Å². The molecular weight excluding hydrogens is 352 g/mol. The minimum Gasteiger partial charge on any atom is -0.324 e. The number of nitrogens with one attached hydrogen (secondary N) is 1. The molecule has 0 aliphatic carbocycles. The predicted molar refractivity (Wildman–Crippen MR) is 70.5 cm³/mol. The number of hydrogen-bond donors (Lipinski definition) is 1. The van der Waals surface area contributed by atoms with Gasteiger partial charge in [-0.1, -0.05) is 18.2 Å². The van der Waals surface area contributed by atoms with Crippen LogP contribution < -0.4 is 5.32 Å². The van der Waals surface area contributed by atoms with E-state index in [1.807, 2.05) is 30.3 Å². The van der Waals surface area contributed by atoms with Crippen LogP contribution in [0, 0.1) is 0 Å². The maximum absolute atomic E-state index is 11.7. The molecular formula is C10H8Br2N4O. The second-order valence-corrected chi connectivity index (χ2v) is 4.64. The van der Waals surface area contributed by atoms with E-state index in [1.54, 1.807) is 0 Å². The number of halogens is 2. The summed E-state index contributed by atoms with van der Waals surface area (Å²) in [5.41, 5.74) is 0.757. The average Bonchev–Trinajstić information content (AvgIpc) is 2.58. The second kappa shape index (κ2) is 5.42. The van der Waals surface area contributed by atoms with E-state index in [0.717, 1.165) is 5.69 Å². The maximum atomic E-state index is 11.7. The van der Waals surface area contributed by atoms with Gasteiger partial charge >= 0.3 is 0 Å². The molecule has 0 saturated heterocycles. The number of amides is 1. The van der Waals surface area contributed by atoms with E-state index in [9.17, 15) is 4.79 Å². The zero-order valence-corrected chi connectivity index (χ0v) is 11.8. The first-order valence-corrected chi connectivity index (χ1v) is 6.34. The molecule has 1 amide bonds. The molecule has 2 rings (SSSR count). The summed E-state index contributed by atoms with van der Waals surface area (Å²) in [7, 11) is 0. The lowest BCUT2D eigenvalue weighted by atomic mass is 10.3. The highest BCUT2D eigenvalue weighted by Crippen LogP contribution is 2.11. The number of anilines is 1. The Morgan fingerprint density at radius 3 is 2.59 bits per heavy atom. The number of nitrogens with zero attached hydrogens (tertiary/aromatic N) is 3. The lowest BCUT2D eigenvalue weighted by molar-refractivity contribution is -0.116. The summed E-state index contributed by atoms with van der Waals surface area (Å²) in [4.78, 5) is 15.7. The quantitative estimate of drug-likeness (QED) is 0.915. The van der Waals surface area contributed by atoms with Crippen molar-refractivity contribution >= 4 is 43.5 Å². The number of para-hydroxylation sites is 1. The van der Waals surface area contributed by atoms with Crippen molar-refractivity contribution in [2.75, 3.05) is 5.32 Å². The molecule has 1 aromatic carbocycles. The average molecular weight is 360 g/mol. The summed E-state index contributed by atoms with van der Waals surface area (Å²) in [6.07, 6.45) is 0. The summed E-state index contributed by atoms with van der Waals surface area (Å²) >= 11 is 6.35. The predicted octanol–water partition coefficient (Wildman–Crippen LogP) is 2.44. The van der Waals surface area contributed by atoms with Crippen molar-refractivity contribution in [2.24, 2.45) is 0 Å². The Labute approximate surface area is 114 Å². The van der Waals surface area contributed by atoms with Crippen LogP contribution in [0.2, 0.25) is 0 Å². The molecule has 0 bridgehead atoms. The summed E-state index contributed by atoms with van der Waals surface area (Å²) in [5, 5.41) is 6.77. The molecule has 1 aromatic heterocycles. The fourth-order valence-electron chi connectivity index (χ4n) is 1.26. The molecule has 1 heterocycles. The van der Waals surface area contributed by atoms with Gasteiger partial charge in [0.25, 0.3) is 0 Å². The third kappa shape index (κ3) is 3.37. The lowest BCUT2D eigenvalue weighted by Gasteiger charge is -2.04. The van der Waals surface area contributed by atoms with Crippen LogP contribution in [0.5, 0.6) is 0 Å². The fourth-order valence-corrected chi connectivity index (χ4v) is 2.23. The summed E-state index contributed by atoms with van der Waals surface area (Å²) < 4.78 is 2.41. The smallest absolute Gasteiger partial charge is 0.246 e. The van der Waals surface area contributed by atoms with E-state index >= 15 is 0 Å². The first-order valence-electron chi connectivity index (χ1n) is 4.76. The van der Waals surface area contributed by atoms with Gasteiger partial charge in [0.2, 0.25) is 10.6 Å². The third-order valence-corrected chi connectivity index (χ3v) is 2.87. The minimum absolute atomic E-state index is 0.105. The number of rotatable bonds is 3. The van der Waals surface area contributed by atoms with Crippen molar-refractivity contribution in [1.82, 2.24) is 14.8 Å². The standard InChI is InChI=1S/C10H8Br2N4O/c11-9-14-10(12)16(15-9)6-8(17)13-7-4-2-1-3-5-7/h1-5H,6H2,(H,13,17). The first-order chi connectivity index (χ1) is 8.15. The van der Waals surface area contributed by atoms with E-state index in [1.165, 1.54) is 4.68 Å². The molecule has 0 saturated carbocycles. The van der Waals surface area contributed by atoms with Crippen LogP contribution in [-0.4, -0.2) is 20.7 Å². The van der Waals surface area contributed by atoms with Crippen LogP contribution in [0.15, 0.2) is 39.8 Å². The number of hydrogen-bond acceptors (Lipinski definition) is 3. The number of benzene rings is 1. The van der Waals surface area contributed by atoms with Crippen molar-refractivity contribution in [3.8, 4) is 0 Å². The van der Waals surface area contributed by atoms with Gasteiger partial charge in [-0.25, -0.2) is 4.68 Å². The van der Waals surface area contributed by atoms with Gasteiger partial charge in [0, 0.05) is 5.69 Å². The molecule has 2 aromatic rings. The maximum Gasteiger partial charge on any atom is 0.246 e. The molecule has 5 nitrogen and oxygen atoms in total. The highest BCUT2D eigenvalue weighted by atomic mass is 79.9. The van der Waals surface area contributed by atoms with Gasteiger partial charge in [0.05, 0.1) is 0 Å². The Bertz CT molecular complexity index is 526. The monoisotopic (exact) mass is 358 g/mol. The van der Waals surface area contributed by atoms with Gasteiger partial charge < -0.3 is 5.32 Å². The fraction of sp³-hybridized carbons (Fsp3) is 0.100. The Hall–Kier alpha value is -1.21. The Morgan fingerprint density at radius 2 is 2.00 bits per heavy atom.